The molecule has 0 radical (unpaired) electrons. The second kappa shape index (κ2) is 6.81. The Balaban J connectivity index is 2.77. The van der Waals surface area contributed by atoms with Gasteiger partial charge in [0.25, 0.3) is 0 Å². The molecule has 1 aromatic rings. The van der Waals surface area contributed by atoms with E-state index >= 15 is 0 Å². The Hall–Kier alpha value is -1.68. The summed E-state index contributed by atoms with van der Waals surface area (Å²) in [6.45, 7) is 1.84. The fraction of sp³-hybridized carbons (Fsp3) is 0.385. The molecule has 4 nitrogen and oxygen atoms in total. The van der Waals surface area contributed by atoms with Crippen molar-refractivity contribution in [1.82, 2.24) is 0 Å². The molecule has 0 saturated heterocycles. The maximum Gasteiger partial charge on any atom is 0.147 e. The second-order valence-corrected chi connectivity index (χ2v) is 3.68. The number of rotatable bonds is 5. The average molecular weight is 233 g/mol. The van der Waals surface area contributed by atoms with Crippen LogP contribution in [0.2, 0.25) is 0 Å². The van der Waals surface area contributed by atoms with Gasteiger partial charge in [0.15, 0.2) is 0 Å². The lowest BCUT2D eigenvalue weighted by Gasteiger charge is -2.08. The molecule has 0 spiro atoms. The van der Waals surface area contributed by atoms with Gasteiger partial charge in [0.05, 0.1) is 5.71 Å². The van der Waals surface area contributed by atoms with Crippen LogP contribution in [0.25, 0.3) is 0 Å². The number of aliphatic imine (C=N–C) groups is 2. The first-order chi connectivity index (χ1) is 8.17. The highest BCUT2D eigenvalue weighted by atomic mass is 16.5. The molecule has 0 amide bonds. The topological polar surface area (TPSA) is 60.0 Å². The van der Waals surface area contributed by atoms with Gasteiger partial charge in [-0.2, -0.15) is 0 Å². The van der Waals surface area contributed by atoms with Gasteiger partial charge in [0.1, 0.15) is 12.1 Å². The molecular weight excluding hydrogens is 214 g/mol. The zero-order valence-corrected chi connectivity index (χ0v) is 10.6. The number of ether oxygens (including phenoxy) is 1. The molecule has 1 aromatic carbocycles. The molecule has 0 aliphatic carbocycles. The summed E-state index contributed by atoms with van der Waals surface area (Å²) in [5.74, 6) is 0.436. The molecule has 0 aromatic heterocycles. The molecule has 92 valence electrons. The van der Waals surface area contributed by atoms with Crippen LogP contribution in [0.3, 0.4) is 0 Å². The third-order valence-corrected chi connectivity index (χ3v) is 2.44. The molecule has 0 bridgehead atoms. The van der Waals surface area contributed by atoms with Crippen molar-refractivity contribution in [1.29, 1.82) is 0 Å². The molecular formula is C13H19N3O. The molecule has 1 rings (SSSR count). The van der Waals surface area contributed by atoms with Gasteiger partial charge in [0, 0.05) is 20.6 Å². The molecule has 17 heavy (non-hydrogen) atoms. The van der Waals surface area contributed by atoms with E-state index in [0.29, 0.717) is 12.3 Å². The Labute approximate surface area is 102 Å². The first-order valence-corrected chi connectivity index (χ1v) is 5.53. The smallest absolute Gasteiger partial charge is 0.147 e. The van der Waals surface area contributed by atoms with Crippen LogP contribution in [-0.2, 0) is 11.2 Å². The van der Waals surface area contributed by atoms with Gasteiger partial charge in [0.2, 0.25) is 0 Å². The Kier molecular flexibility index (Phi) is 5.36. The molecule has 0 aliphatic heterocycles. The number of methoxy groups -OCH3 is 1. The minimum Gasteiger partial charge on any atom is -0.382 e. The van der Waals surface area contributed by atoms with Gasteiger partial charge in [-0.15, -0.1) is 0 Å². The molecule has 0 aliphatic rings. The molecule has 4 heteroatoms. The summed E-state index contributed by atoms with van der Waals surface area (Å²) < 4.78 is 5.04. The van der Waals surface area contributed by atoms with Crippen molar-refractivity contribution in [2.45, 2.75) is 19.6 Å². The van der Waals surface area contributed by atoms with Crippen molar-refractivity contribution in [2.75, 3.05) is 14.2 Å². The van der Waals surface area contributed by atoms with Crippen LogP contribution in [0, 0.1) is 0 Å². The molecule has 1 atom stereocenters. The fourth-order valence-corrected chi connectivity index (χ4v) is 1.40. The number of nitrogens with zero attached hydrogens (tertiary/aromatic N) is 2. The number of amidine groups is 1. The minimum absolute atomic E-state index is 0.248. The third kappa shape index (κ3) is 4.36. The monoisotopic (exact) mass is 233 g/mol. The van der Waals surface area contributed by atoms with Crippen LogP contribution in [0.4, 0.5) is 0 Å². The van der Waals surface area contributed by atoms with Crippen molar-refractivity contribution in [3.8, 4) is 0 Å². The highest BCUT2D eigenvalue weighted by Gasteiger charge is 2.07. The highest BCUT2D eigenvalue weighted by Crippen LogP contribution is 2.02. The lowest BCUT2D eigenvalue weighted by Crippen LogP contribution is -2.27. The van der Waals surface area contributed by atoms with Gasteiger partial charge in [-0.05, 0) is 12.5 Å². The summed E-state index contributed by atoms with van der Waals surface area (Å²) >= 11 is 0. The number of benzene rings is 1. The van der Waals surface area contributed by atoms with Gasteiger partial charge in [-0.1, -0.05) is 30.3 Å². The first kappa shape index (κ1) is 13.4. The van der Waals surface area contributed by atoms with Crippen LogP contribution < -0.4 is 5.73 Å². The summed E-state index contributed by atoms with van der Waals surface area (Å²) in [6.07, 6.45) is 0.436. The summed E-state index contributed by atoms with van der Waals surface area (Å²) in [4.78, 5) is 8.38. The predicted molar refractivity (Wildman–Crippen MR) is 71.6 cm³/mol. The summed E-state index contributed by atoms with van der Waals surface area (Å²) in [6, 6.07) is 10.1. The van der Waals surface area contributed by atoms with E-state index in [-0.39, 0.29) is 6.23 Å². The Morgan fingerprint density at radius 3 is 2.53 bits per heavy atom. The number of hydrogen-bond acceptors (Lipinski definition) is 3. The SMILES string of the molecule is CN=C(Cc1ccccc1)C(N)=NC(C)OC. The Morgan fingerprint density at radius 1 is 1.35 bits per heavy atom. The van der Waals surface area contributed by atoms with E-state index in [1.807, 2.05) is 37.3 Å². The summed E-state index contributed by atoms with van der Waals surface area (Å²) in [5.41, 5.74) is 7.83. The van der Waals surface area contributed by atoms with Gasteiger partial charge in [-0.25, -0.2) is 4.99 Å². The van der Waals surface area contributed by atoms with E-state index in [1.54, 1.807) is 14.2 Å². The lowest BCUT2D eigenvalue weighted by atomic mass is 10.1. The predicted octanol–water partition coefficient (Wildman–Crippen LogP) is 1.65. The normalized spacial score (nSPS) is 14.8. The van der Waals surface area contributed by atoms with E-state index in [1.165, 1.54) is 0 Å². The van der Waals surface area contributed by atoms with Gasteiger partial charge >= 0.3 is 0 Å². The van der Waals surface area contributed by atoms with E-state index in [4.69, 9.17) is 10.5 Å². The van der Waals surface area contributed by atoms with Crippen LogP contribution in [-0.4, -0.2) is 31.9 Å². The van der Waals surface area contributed by atoms with E-state index in [0.717, 1.165) is 11.3 Å². The second-order valence-electron chi connectivity index (χ2n) is 3.68. The molecule has 2 N–H and O–H groups in total. The molecule has 1 unspecified atom stereocenters. The van der Waals surface area contributed by atoms with Crippen LogP contribution in [0.15, 0.2) is 40.3 Å². The maximum absolute atomic E-state index is 5.89. The van der Waals surface area contributed by atoms with Crippen LogP contribution >= 0.6 is 0 Å². The number of nitrogens with two attached hydrogens (primary N) is 1. The summed E-state index contributed by atoms with van der Waals surface area (Å²) in [5, 5.41) is 0. The van der Waals surface area contributed by atoms with Crippen LogP contribution in [0.1, 0.15) is 12.5 Å². The quantitative estimate of drug-likeness (QED) is 0.621. The van der Waals surface area contributed by atoms with Crippen LogP contribution in [0.5, 0.6) is 0 Å². The Morgan fingerprint density at radius 2 is 2.00 bits per heavy atom. The maximum atomic E-state index is 5.89. The van der Waals surface area contributed by atoms with Crippen molar-refractivity contribution >= 4 is 11.5 Å². The Bertz CT molecular complexity index is 398. The zero-order chi connectivity index (χ0) is 12.7. The van der Waals surface area contributed by atoms with Gasteiger partial charge < -0.3 is 10.5 Å². The highest BCUT2D eigenvalue weighted by molar-refractivity contribution is 6.41. The lowest BCUT2D eigenvalue weighted by molar-refractivity contribution is 0.126. The van der Waals surface area contributed by atoms with E-state index in [9.17, 15) is 0 Å². The number of hydrogen-bond donors (Lipinski definition) is 1. The van der Waals surface area contributed by atoms with Crippen molar-refractivity contribution in [3.63, 3.8) is 0 Å². The largest absolute Gasteiger partial charge is 0.382 e. The zero-order valence-electron chi connectivity index (χ0n) is 10.6. The molecule has 0 heterocycles. The molecule has 0 fully saturated rings. The van der Waals surface area contributed by atoms with Gasteiger partial charge in [-0.3, -0.25) is 4.99 Å². The minimum atomic E-state index is -0.248. The first-order valence-electron chi connectivity index (χ1n) is 5.53. The fourth-order valence-electron chi connectivity index (χ4n) is 1.40. The van der Waals surface area contributed by atoms with Crippen molar-refractivity contribution < 1.29 is 4.74 Å². The van der Waals surface area contributed by atoms with Crippen molar-refractivity contribution in [2.24, 2.45) is 15.7 Å². The van der Waals surface area contributed by atoms with Crippen molar-refractivity contribution in [3.05, 3.63) is 35.9 Å². The molecule has 0 saturated carbocycles. The summed E-state index contributed by atoms with van der Waals surface area (Å²) in [7, 11) is 3.32. The average Bonchev–Trinajstić information content (AvgIpc) is 2.36. The standard InChI is InChI=1S/C13H19N3O/c1-10(17-3)16-13(14)12(15-2)9-11-7-5-4-6-8-11/h4-8,10H,9H2,1-3H3,(H2,14,16). The van der Waals surface area contributed by atoms with E-state index in [2.05, 4.69) is 9.98 Å². The third-order valence-electron chi connectivity index (χ3n) is 2.44. The van der Waals surface area contributed by atoms with E-state index < -0.39 is 0 Å².